The maximum Gasteiger partial charge on any atom is 0.276 e. The van der Waals surface area contributed by atoms with Gasteiger partial charge in [0.15, 0.2) is 6.61 Å². The lowest BCUT2D eigenvalue weighted by Crippen LogP contribution is -1.98. The Morgan fingerprint density at radius 2 is 1.95 bits per heavy atom. The number of ether oxygens (including phenoxy) is 2. The van der Waals surface area contributed by atoms with Gasteiger partial charge in [0.05, 0.1) is 6.61 Å². The van der Waals surface area contributed by atoms with Crippen LogP contribution in [0.5, 0.6) is 5.75 Å². The molecular formula is C16H22N2O3S. The number of rotatable bonds is 10. The van der Waals surface area contributed by atoms with Crippen LogP contribution >= 0.6 is 11.8 Å². The summed E-state index contributed by atoms with van der Waals surface area (Å²) in [7, 11) is 0. The van der Waals surface area contributed by atoms with Crippen molar-refractivity contribution >= 4 is 11.8 Å². The van der Waals surface area contributed by atoms with Crippen LogP contribution in [0.25, 0.3) is 0 Å². The number of aromatic nitrogens is 2. The number of aryl methyl sites for hydroxylation is 1. The van der Waals surface area contributed by atoms with E-state index in [-0.39, 0.29) is 6.61 Å². The molecule has 0 amide bonds. The molecule has 6 heteroatoms. The lowest BCUT2D eigenvalue weighted by molar-refractivity contribution is 0.146. The van der Waals surface area contributed by atoms with Gasteiger partial charge in [-0.05, 0) is 25.5 Å². The molecule has 1 aromatic heterocycles. The third kappa shape index (κ3) is 6.07. The molecule has 0 spiro atoms. The van der Waals surface area contributed by atoms with E-state index in [0.29, 0.717) is 17.7 Å². The zero-order chi connectivity index (χ0) is 15.6. The second-order valence-electron chi connectivity index (χ2n) is 4.88. The summed E-state index contributed by atoms with van der Waals surface area (Å²) in [4.78, 5) is 0. The minimum absolute atomic E-state index is 0.281. The molecule has 0 saturated carbocycles. The highest BCUT2D eigenvalue weighted by Crippen LogP contribution is 2.17. The van der Waals surface area contributed by atoms with Crippen molar-refractivity contribution in [1.29, 1.82) is 0 Å². The van der Waals surface area contributed by atoms with Gasteiger partial charge in [-0.2, -0.15) is 0 Å². The molecule has 1 heterocycles. The first kappa shape index (κ1) is 16.8. The molecule has 0 N–H and O–H groups in total. The smallest absolute Gasteiger partial charge is 0.276 e. The predicted octanol–water partition coefficient (Wildman–Crippen LogP) is 3.87. The summed E-state index contributed by atoms with van der Waals surface area (Å²) in [5, 5.41) is 8.52. The standard InChI is InChI=1S/C16H22N2O3S/c1-3-4-9-19-10-11-22-16-18-17-15(21-16)12-20-14-7-5-13(2)6-8-14/h5-8H,3-4,9-12H2,1-2H3. The third-order valence-corrected chi connectivity index (χ3v) is 3.71. The summed E-state index contributed by atoms with van der Waals surface area (Å²) in [6.07, 6.45) is 2.26. The second kappa shape index (κ2) is 9.48. The molecule has 5 nitrogen and oxygen atoms in total. The Labute approximate surface area is 135 Å². The Hall–Kier alpha value is -1.53. The van der Waals surface area contributed by atoms with E-state index < -0.39 is 0 Å². The average Bonchev–Trinajstić information content (AvgIpc) is 2.98. The maximum atomic E-state index is 5.60. The lowest BCUT2D eigenvalue weighted by atomic mass is 10.2. The fraction of sp³-hybridized carbons (Fsp3) is 0.500. The van der Waals surface area contributed by atoms with E-state index in [0.717, 1.165) is 31.0 Å². The van der Waals surface area contributed by atoms with Crippen LogP contribution in [0.4, 0.5) is 0 Å². The summed E-state index contributed by atoms with van der Waals surface area (Å²) in [6.45, 7) is 5.98. The zero-order valence-electron chi connectivity index (χ0n) is 13.1. The highest BCUT2D eigenvalue weighted by molar-refractivity contribution is 7.99. The van der Waals surface area contributed by atoms with Crippen LogP contribution < -0.4 is 4.74 Å². The lowest BCUT2D eigenvalue weighted by Gasteiger charge is -2.03. The van der Waals surface area contributed by atoms with Gasteiger partial charge in [-0.1, -0.05) is 42.8 Å². The molecule has 0 atom stereocenters. The van der Waals surface area contributed by atoms with E-state index in [1.54, 1.807) is 0 Å². The van der Waals surface area contributed by atoms with Crippen LogP contribution in [-0.2, 0) is 11.3 Å². The number of hydrogen-bond acceptors (Lipinski definition) is 6. The van der Waals surface area contributed by atoms with Gasteiger partial charge in [0, 0.05) is 12.4 Å². The fourth-order valence-electron chi connectivity index (χ4n) is 1.67. The van der Waals surface area contributed by atoms with Crippen molar-refractivity contribution in [1.82, 2.24) is 10.2 Å². The van der Waals surface area contributed by atoms with Crippen LogP contribution in [0.2, 0.25) is 0 Å². The number of nitrogens with zero attached hydrogens (tertiary/aromatic N) is 2. The van der Waals surface area contributed by atoms with Crippen LogP contribution in [0.1, 0.15) is 31.2 Å². The van der Waals surface area contributed by atoms with E-state index in [1.165, 1.54) is 17.3 Å². The first-order valence-corrected chi connectivity index (χ1v) is 8.49. The molecule has 2 rings (SSSR count). The van der Waals surface area contributed by atoms with Crippen molar-refractivity contribution in [3.8, 4) is 5.75 Å². The molecule has 0 radical (unpaired) electrons. The van der Waals surface area contributed by atoms with Gasteiger partial charge >= 0.3 is 0 Å². The van der Waals surface area contributed by atoms with Gasteiger partial charge in [0.25, 0.3) is 11.1 Å². The Bertz CT molecular complexity index is 543. The first-order valence-electron chi connectivity index (χ1n) is 7.50. The molecule has 120 valence electrons. The van der Waals surface area contributed by atoms with Crippen molar-refractivity contribution < 1.29 is 13.9 Å². The van der Waals surface area contributed by atoms with Gasteiger partial charge in [0.2, 0.25) is 0 Å². The maximum absolute atomic E-state index is 5.60. The number of benzene rings is 1. The van der Waals surface area contributed by atoms with Crippen LogP contribution in [0.15, 0.2) is 33.9 Å². The molecule has 1 aromatic carbocycles. The van der Waals surface area contributed by atoms with E-state index in [1.807, 2.05) is 31.2 Å². The molecule has 2 aromatic rings. The van der Waals surface area contributed by atoms with E-state index >= 15 is 0 Å². The van der Waals surface area contributed by atoms with Gasteiger partial charge in [-0.3, -0.25) is 0 Å². The van der Waals surface area contributed by atoms with Crippen LogP contribution in [0.3, 0.4) is 0 Å². The van der Waals surface area contributed by atoms with E-state index in [4.69, 9.17) is 13.9 Å². The first-order chi connectivity index (χ1) is 10.8. The minimum atomic E-state index is 0.281. The van der Waals surface area contributed by atoms with Crippen molar-refractivity contribution in [3.05, 3.63) is 35.7 Å². The molecule has 0 fully saturated rings. The topological polar surface area (TPSA) is 57.4 Å². The summed E-state index contributed by atoms with van der Waals surface area (Å²) < 4.78 is 16.6. The van der Waals surface area contributed by atoms with Crippen LogP contribution in [0, 0.1) is 6.92 Å². The molecule has 0 saturated heterocycles. The van der Waals surface area contributed by atoms with Gasteiger partial charge < -0.3 is 13.9 Å². The largest absolute Gasteiger partial charge is 0.484 e. The Kier molecular flexibility index (Phi) is 7.25. The quantitative estimate of drug-likeness (QED) is 0.489. The van der Waals surface area contributed by atoms with Gasteiger partial charge in [0.1, 0.15) is 5.75 Å². The van der Waals surface area contributed by atoms with E-state index in [9.17, 15) is 0 Å². The molecule has 0 aliphatic heterocycles. The summed E-state index contributed by atoms with van der Waals surface area (Å²) in [6, 6.07) is 7.86. The monoisotopic (exact) mass is 322 g/mol. The van der Waals surface area contributed by atoms with E-state index in [2.05, 4.69) is 17.1 Å². The number of hydrogen-bond donors (Lipinski definition) is 0. The zero-order valence-corrected chi connectivity index (χ0v) is 13.9. The Morgan fingerprint density at radius 3 is 2.73 bits per heavy atom. The highest BCUT2D eigenvalue weighted by atomic mass is 32.2. The van der Waals surface area contributed by atoms with Crippen molar-refractivity contribution in [2.75, 3.05) is 19.0 Å². The number of thioether (sulfide) groups is 1. The molecule has 0 aliphatic carbocycles. The fourth-order valence-corrected chi connectivity index (χ4v) is 2.30. The normalized spacial score (nSPS) is 10.8. The number of unbranched alkanes of at least 4 members (excludes halogenated alkanes) is 1. The Morgan fingerprint density at radius 1 is 1.14 bits per heavy atom. The molecule has 0 unspecified atom stereocenters. The van der Waals surface area contributed by atoms with Crippen molar-refractivity contribution in [2.45, 2.75) is 38.5 Å². The van der Waals surface area contributed by atoms with Gasteiger partial charge in [-0.15, -0.1) is 10.2 Å². The average molecular weight is 322 g/mol. The van der Waals surface area contributed by atoms with Gasteiger partial charge in [-0.25, -0.2) is 0 Å². The third-order valence-electron chi connectivity index (χ3n) is 2.93. The van der Waals surface area contributed by atoms with Crippen LogP contribution in [-0.4, -0.2) is 29.2 Å². The second-order valence-corrected chi connectivity index (χ2v) is 5.92. The minimum Gasteiger partial charge on any atom is -0.484 e. The molecule has 22 heavy (non-hydrogen) atoms. The van der Waals surface area contributed by atoms with Crippen molar-refractivity contribution in [2.24, 2.45) is 0 Å². The summed E-state index contributed by atoms with van der Waals surface area (Å²) >= 11 is 1.50. The highest BCUT2D eigenvalue weighted by Gasteiger charge is 2.07. The summed E-state index contributed by atoms with van der Waals surface area (Å²) in [5.41, 5.74) is 1.20. The molecular weight excluding hydrogens is 300 g/mol. The summed E-state index contributed by atoms with van der Waals surface area (Å²) in [5.74, 6) is 2.08. The molecule has 0 aliphatic rings. The predicted molar refractivity (Wildman–Crippen MR) is 86.3 cm³/mol. The molecule has 0 bridgehead atoms. The Balaban J connectivity index is 1.66. The SMILES string of the molecule is CCCCOCCSc1nnc(COc2ccc(C)cc2)o1. The van der Waals surface area contributed by atoms with Crippen molar-refractivity contribution in [3.63, 3.8) is 0 Å².